The zero-order valence-electron chi connectivity index (χ0n) is 18.4. The van der Waals surface area contributed by atoms with Crippen molar-refractivity contribution in [2.45, 2.75) is 6.61 Å². The second-order valence-electron chi connectivity index (χ2n) is 6.79. The Morgan fingerprint density at radius 2 is 1.61 bits per heavy atom. The van der Waals surface area contributed by atoms with Gasteiger partial charge in [-0.2, -0.15) is 0 Å². The first kappa shape index (κ1) is 24.3. The molecule has 33 heavy (non-hydrogen) atoms. The van der Waals surface area contributed by atoms with E-state index in [0.717, 1.165) is 5.56 Å². The third-order valence-corrected chi connectivity index (χ3v) is 5.42. The van der Waals surface area contributed by atoms with E-state index >= 15 is 0 Å². The maximum Gasteiger partial charge on any atom is 0.248 e. The monoisotopic (exact) mass is 487 g/mol. The Hall–Kier alpha value is -3.35. The van der Waals surface area contributed by atoms with Crippen molar-refractivity contribution >= 4 is 40.9 Å². The molecular formula is C25H23Cl2NO5. The minimum absolute atomic E-state index is 0.191. The summed E-state index contributed by atoms with van der Waals surface area (Å²) in [7, 11) is 4.63. The molecule has 3 aromatic carbocycles. The van der Waals surface area contributed by atoms with Gasteiger partial charge in [0.1, 0.15) is 18.1 Å². The van der Waals surface area contributed by atoms with Gasteiger partial charge in [-0.3, -0.25) is 4.79 Å². The minimum atomic E-state index is -0.314. The lowest BCUT2D eigenvalue weighted by Crippen LogP contribution is -2.09. The van der Waals surface area contributed by atoms with Crippen molar-refractivity contribution in [3.8, 4) is 23.0 Å². The number of halogens is 2. The summed E-state index contributed by atoms with van der Waals surface area (Å²) in [5.41, 5.74) is 1.98. The van der Waals surface area contributed by atoms with Crippen LogP contribution in [0.3, 0.4) is 0 Å². The lowest BCUT2D eigenvalue weighted by atomic mass is 10.2. The van der Waals surface area contributed by atoms with E-state index in [2.05, 4.69) is 5.32 Å². The number of rotatable bonds is 9. The number of hydrogen-bond donors (Lipinski definition) is 1. The summed E-state index contributed by atoms with van der Waals surface area (Å²) in [5, 5.41) is 3.84. The van der Waals surface area contributed by atoms with Crippen molar-refractivity contribution < 1.29 is 23.7 Å². The molecule has 1 amide bonds. The molecule has 0 atom stereocenters. The molecule has 0 bridgehead atoms. The van der Waals surface area contributed by atoms with Gasteiger partial charge in [-0.25, -0.2) is 0 Å². The molecule has 0 aliphatic heterocycles. The second-order valence-corrected chi connectivity index (χ2v) is 7.60. The summed E-state index contributed by atoms with van der Waals surface area (Å²) in [6.45, 7) is 0.191. The van der Waals surface area contributed by atoms with E-state index in [4.69, 9.17) is 42.1 Å². The molecule has 0 aliphatic carbocycles. The van der Waals surface area contributed by atoms with E-state index in [1.165, 1.54) is 13.2 Å². The molecule has 1 N–H and O–H groups in total. The fourth-order valence-electron chi connectivity index (χ4n) is 2.98. The van der Waals surface area contributed by atoms with Crippen LogP contribution in [0.4, 0.5) is 5.69 Å². The normalized spacial score (nSPS) is 10.7. The van der Waals surface area contributed by atoms with Crippen LogP contribution >= 0.6 is 23.2 Å². The second kappa shape index (κ2) is 11.5. The lowest BCUT2D eigenvalue weighted by Gasteiger charge is -2.13. The fourth-order valence-corrected chi connectivity index (χ4v) is 3.48. The van der Waals surface area contributed by atoms with Gasteiger partial charge >= 0.3 is 0 Å². The minimum Gasteiger partial charge on any atom is -0.497 e. The van der Waals surface area contributed by atoms with Gasteiger partial charge < -0.3 is 24.3 Å². The van der Waals surface area contributed by atoms with Crippen LogP contribution in [0.5, 0.6) is 23.0 Å². The average Bonchev–Trinajstić information content (AvgIpc) is 2.83. The van der Waals surface area contributed by atoms with Gasteiger partial charge in [0.25, 0.3) is 0 Å². The van der Waals surface area contributed by atoms with E-state index < -0.39 is 0 Å². The molecule has 0 saturated heterocycles. The molecule has 0 radical (unpaired) electrons. The van der Waals surface area contributed by atoms with Crippen molar-refractivity contribution in [2.24, 2.45) is 0 Å². The number of hydrogen-bond acceptors (Lipinski definition) is 5. The number of benzene rings is 3. The predicted octanol–water partition coefficient (Wildman–Crippen LogP) is 6.25. The van der Waals surface area contributed by atoms with E-state index in [1.807, 2.05) is 6.07 Å². The summed E-state index contributed by atoms with van der Waals surface area (Å²) in [6.07, 6.45) is 3.09. The number of carbonyl (C=O) groups excluding carboxylic acids is 1. The molecule has 172 valence electrons. The van der Waals surface area contributed by atoms with Crippen molar-refractivity contribution in [2.75, 3.05) is 26.6 Å². The highest BCUT2D eigenvalue weighted by molar-refractivity contribution is 6.35. The van der Waals surface area contributed by atoms with Crippen LogP contribution in [0.2, 0.25) is 10.0 Å². The molecule has 0 heterocycles. The Balaban J connectivity index is 1.68. The molecular weight excluding hydrogens is 465 g/mol. The number of nitrogens with one attached hydrogen (secondary N) is 1. The number of methoxy groups -OCH3 is 3. The predicted molar refractivity (Wildman–Crippen MR) is 131 cm³/mol. The maximum absolute atomic E-state index is 12.4. The van der Waals surface area contributed by atoms with Crippen LogP contribution in [0.15, 0.2) is 60.7 Å². The Bertz CT molecular complexity index is 1140. The molecule has 3 rings (SSSR count). The summed E-state index contributed by atoms with van der Waals surface area (Å²) in [4.78, 5) is 12.4. The molecule has 0 unspecified atom stereocenters. The third kappa shape index (κ3) is 6.34. The Labute approximate surface area is 202 Å². The van der Waals surface area contributed by atoms with Crippen LogP contribution in [-0.4, -0.2) is 27.2 Å². The van der Waals surface area contributed by atoms with Crippen molar-refractivity contribution in [1.29, 1.82) is 0 Å². The molecule has 3 aromatic rings. The largest absolute Gasteiger partial charge is 0.497 e. The van der Waals surface area contributed by atoms with Gasteiger partial charge in [-0.1, -0.05) is 35.3 Å². The first-order valence-corrected chi connectivity index (χ1v) is 10.7. The lowest BCUT2D eigenvalue weighted by molar-refractivity contribution is -0.111. The highest BCUT2D eigenvalue weighted by Crippen LogP contribution is 2.32. The molecule has 6 nitrogen and oxygen atoms in total. The molecule has 8 heteroatoms. The van der Waals surface area contributed by atoms with Gasteiger partial charge in [-0.15, -0.1) is 0 Å². The Morgan fingerprint density at radius 1 is 0.879 bits per heavy atom. The van der Waals surface area contributed by atoms with Crippen molar-refractivity contribution in [3.63, 3.8) is 0 Å². The number of amides is 1. The zero-order chi connectivity index (χ0) is 23.8. The van der Waals surface area contributed by atoms with Crippen molar-refractivity contribution in [1.82, 2.24) is 0 Å². The van der Waals surface area contributed by atoms with E-state index in [1.54, 1.807) is 68.8 Å². The fraction of sp³-hybridized carbons (Fsp3) is 0.160. The number of anilines is 1. The van der Waals surface area contributed by atoms with Crippen LogP contribution in [0.25, 0.3) is 6.08 Å². The SMILES string of the molecule is COc1ccc(NC(=O)C=Cc2ccc(OCc3c(Cl)cccc3Cl)c(OC)c2)c(OC)c1. The van der Waals surface area contributed by atoms with Crippen LogP contribution in [-0.2, 0) is 11.4 Å². The molecule has 0 aliphatic rings. The van der Waals surface area contributed by atoms with E-state index in [0.29, 0.717) is 44.3 Å². The quantitative estimate of drug-likeness (QED) is 0.361. The first-order chi connectivity index (χ1) is 15.9. The Morgan fingerprint density at radius 3 is 2.27 bits per heavy atom. The van der Waals surface area contributed by atoms with Crippen LogP contribution < -0.4 is 24.3 Å². The molecule has 0 saturated carbocycles. The topological polar surface area (TPSA) is 66.0 Å². The van der Waals surface area contributed by atoms with Gasteiger partial charge in [0, 0.05) is 27.8 Å². The van der Waals surface area contributed by atoms with Crippen LogP contribution in [0.1, 0.15) is 11.1 Å². The zero-order valence-corrected chi connectivity index (χ0v) is 19.9. The van der Waals surface area contributed by atoms with E-state index in [-0.39, 0.29) is 12.5 Å². The van der Waals surface area contributed by atoms with Gasteiger partial charge in [0.15, 0.2) is 11.5 Å². The smallest absolute Gasteiger partial charge is 0.248 e. The summed E-state index contributed by atoms with van der Waals surface area (Å²) < 4.78 is 21.8. The summed E-state index contributed by atoms with van der Waals surface area (Å²) >= 11 is 12.4. The van der Waals surface area contributed by atoms with Crippen LogP contribution in [0, 0.1) is 0 Å². The third-order valence-electron chi connectivity index (χ3n) is 4.72. The van der Waals surface area contributed by atoms with E-state index in [9.17, 15) is 4.79 Å². The molecule has 0 fully saturated rings. The molecule has 0 spiro atoms. The highest BCUT2D eigenvalue weighted by Gasteiger charge is 2.10. The highest BCUT2D eigenvalue weighted by atomic mass is 35.5. The number of ether oxygens (including phenoxy) is 4. The average molecular weight is 488 g/mol. The standard InChI is InChI=1S/C25H23Cl2NO5/c1-30-17-9-10-21(23(14-17)31-2)28-25(29)12-8-16-7-11-22(24(13-16)32-3)33-15-18-19(26)5-4-6-20(18)27/h4-14H,15H2,1-3H3,(H,28,29). The molecule has 0 aromatic heterocycles. The first-order valence-electron chi connectivity index (χ1n) is 9.90. The summed E-state index contributed by atoms with van der Waals surface area (Å²) in [5.74, 6) is 1.85. The maximum atomic E-state index is 12.4. The van der Waals surface area contributed by atoms with Gasteiger partial charge in [-0.05, 0) is 48.0 Å². The van der Waals surface area contributed by atoms with Gasteiger partial charge in [0.05, 0.1) is 27.0 Å². The Kier molecular flexibility index (Phi) is 8.46. The summed E-state index contributed by atoms with van der Waals surface area (Å²) in [6, 6.07) is 15.8. The number of carbonyl (C=O) groups is 1. The van der Waals surface area contributed by atoms with Crippen molar-refractivity contribution in [3.05, 3.63) is 81.8 Å². The van der Waals surface area contributed by atoms with Gasteiger partial charge in [0.2, 0.25) is 5.91 Å².